The number of aromatic nitrogens is 1. The van der Waals surface area contributed by atoms with Crippen molar-refractivity contribution >= 4 is 17.8 Å². The Morgan fingerprint density at radius 2 is 1.31 bits per heavy atom. The van der Waals surface area contributed by atoms with Gasteiger partial charge in [0.1, 0.15) is 17.0 Å². The summed E-state index contributed by atoms with van der Waals surface area (Å²) in [6.45, 7) is 8.42. The molecule has 1 aromatic heterocycles. The second-order valence-corrected chi connectivity index (χ2v) is 10.6. The molecule has 3 aromatic rings. The molecule has 2 N–H and O–H groups in total. The van der Waals surface area contributed by atoms with Gasteiger partial charge in [-0.25, -0.2) is 4.98 Å². The molecule has 0 saturated heterocycles. The van der Waals surface area contributed by atoms with Crippen LogP contribution in [0, 0.1) is 5.92 Å². The van der Waals surface area contributed by atoms with Gasteiger partial charge in [0.25, 0.3) is 5.91 Å². The Kier molecular flexibility index (Phi) is 10.5. The van der Waals surface area contributed by atoms with Crippen LogP contribution in [0.2, 0.25) is 0 Å². The molecule has 0 unspecified atom stereocenters. The number of benzene rings is 2. The standard InChI is InChI=1S/C32H39N3O7/c1-19(2)30(37)42-28-25(41-8)17-18-33-27(28)29(36)35-32(4,5)31(38)34-20(3)26(21-9-13-23(39-6)14-10-21)22-11-15-24(40-7)16-12-22/h9-20,26H,1-8H3,(H,34,38)(H,35,36)/t20-/m0/s1. The van der Waals surface area contributed by atoms with Crippen LogP contribution >= 0.6 is 0 Å². The van der Waals surface area contributed by atoms with Crippen molar-refractivity contribution in [3.8, 4) is 23.0 Å². The first kappa shape index (κ1) is 31.9. The molecule has 0 saturated carbocycles. The minimum atomic E-state index is -1.36. The molecule has 2 aromatic carbocycles. The van der Waals surface area contributed by atoms with Crippen LogP contribution in [-0.2, 0) is 9.59 Å². The van der Waals surface area contributed by atoms with Crippen LogP contribution in [0.25, 0.3) is 0 Å². The Balaban J connectivity index is 1.85. The van der Waals surface area contributed by atoms with Crippen molar-refractivity contribution in [1.82, 2.24) is 15.6 Å². The number of nitrogens with zero attached hydrogens (tertiary/aromatic N) is 1. The van der Waals surface area contributed by atoms with Gasteiger partial charge in [-0.1, -0.05) is 38.1 Å². The smallest absolute Gasteiger partial charge is 0.313 e. The summed E-state index contributed by atoms with van der Waals surface area (Å²) in [6.07, 6.45) is 1.36. The number of esters is 1. The molecule has 0 radical (unpaired) electrons. The Bertz CT molecular complexity index is 1340. The quantitative estimate of drug-likeness (QED) is 0.301. The Morgan fingerprint density at radius 3 is 1.76 bits per heavy atom. The second-order valence-electron chi connectivity index (χ2n) is 10.6. The topological polar surface area (TPSA) is 125 Å². The predicted molar refractivity (Wildman–Crippen MR) is 158 cm³/mol. The number of carbonyl (C=O) groups is 3. The van der Waals surface area contributed by atoms with Gasteiger partial charge in [-0.15, -0.1) is 0 Å². The van der Waals surface area contributed by atoms with E-state index >= 15 is 0 Å². The molecule has 0 aliphatic carbocycles. The van der Waals surface area contributed by atoms with Gasteiger partial charge in [-0.05, 0) is 56.2 Å². The van der Waals surface area contributed by atoms with Crippen LogP contribution in [0.3, 0.4) is 0 Å². The van der Waals surface area contributed by atoms with Crippen LogP contribution < -0.4 is 29.6 Å². The zero-order chi connectivity index (χ0) is 31.0. The van der Waals surface area contributed by atoms with Crippen molar-refractivity contribution in [2.75, 3.05) is 21.3 Å². The van der Waals surface area contributed by atoms with E-state index in [1.54, 1.807) is 41.9 Å². The number of carbonyl (C=O) groups excluding carboxylic acids is 3. The van der Waals surface area contributed by atoms with Crippen molar-refractivity contribution in [1.29, 1.82) is 0 Å². The molecule has 224 valence electrons. The van der Waals surface area contributed by atoms with E-state index in [-0.39, 0.29) is 29.2 Å². The zero-order valence-corrected chi connectivity index (χ0v) is 25.3. The second kappa shape index (κ2) is 13.8. The van der Waals surface area contributed by atoms with E-state index in [0.29, 0.717) is 0 Å². The van der Waals surface area contributed by atoms with Gasteiger partial charge in [0.05, 0.1) is 27.2 Å². The van der Waals surface area contributed by atoms with Crippen LogP contribution in [0.1, 0.15) is 62.2 Å². The summed E-state index contributed by atoms with van der Waals surface area (Å²) in [7, 11) is 4.60. The number of hydrogen-bond donors (Lipinski definition) is 2. The van der Waals surface area contributed by atoms with E-state index in [1.165, 1.54) is 19.4 Å². The van der Waals surface area contributed by atoms with Crippen LogP contribution in [0.5, 0.6) is 23.0 Å². The lowest BCUT2D eigenvalue weighted by molar-refractivity contribution is -0.138. The fourth-order valence-corrected chi connectivity index (χ4v) is 4.33. The molecule has 3 rings (SSSR count). The largest absolute Gasteiger partial charge is 0.497 e. The van der Waals surface area contributed by atoms with Crippen molar-refractivity contribution in [3.63, 3.8) is 0 Å². The molecule has 0 bridgehead atoms. The SMILES string of the molecule is COc1ccc(C(c2ccc(OC)cc2)[C@H](C)NC(=O)C(C)(C)NC(=O)c2nccc(OC)c2OC(=O)C(C)C)cc1. The van der Waals surface area contributed by atoms with Crippen molar-refractivity contribution in [3.05, 3.63) is 77.6 Å². The first-order valence-electron chi connectivity index (χ1n) is 13.6. The number of rotatable bonds is 12. The molecule has 1 heterocycles. The normalized spacial score (nSPS) is 12.0. The summed E-state index contributed by atoms with van der Waals surface area (Å²) < 4.78 is 21.4. The Labute approximate surface area is 246 Å². The molecule has 10 nitrogen and oxygen atoms in total. The first-order valence-corrected chi connectivity index (χ1v) is 13.6. The van der Waals surface area contributed by atoms with E-state index in [1.807, 2.05) is 55.5 Å². The number of nitrogens with one attached hydrogen (secondary N) is 2. The number of amides is 2. The summed E-state index contributed by atoms with van der Waals surface area (Å²) in [5.41, 5.74) is 0.395. The van der Waals surface area contributed by atoms with E-state index in [9.17, 15) is 14.4 Å². The van der Waals surface area contributed by atoms with E-state index in [0.717, 1.165) is 22.6 Å². The molecule has 42 heavy (non-hydrogen) atoms. The maximum atomic E-state index is 13.6. The maximum Gasteiger partial charge on any atom is 0.313 e. The average molecular weight is 578 g/mol. The van der Waals surface area contributed by atoms with Gasteiger partial charge in [0.2, 0.25) is 11.7 Å². The molecular formula is C32H39N3O7. The molecule has 0 spiro atoms. The van der Waals surface area contributed by atoms with E-state index in [2.05, 4.69) is 15.6 Å². The van der Waals surface area contributed by atoms with Gasteiger partial charge in [0.15, 0.2) is 11.4 Å². The summed E-state index contributed by atoms with van der Waals surface area (Å²) >= 11 is 0. The van der Waals surface area contributed by atoms with Gasteiger partial charge >= 0.3 is 5.97 Å². The van der Waals surface area contributed by atoms with Crippen molar-refractivity contribution < 1.29 is 33.3 Å². The minimum Gasteiger partial charge on any atom is -0.497 e. The van der Waals surface area contributed by atoms with E-state index in [4.69, 9.17) is 18.9 Å². The van der Waals surface area contributed by atoms with Crippen LogP contribution in [-0.4, -0.2) is 55.7 Å². The molecule has 0 aliphatic heterocycles. The minimum absolute atomic E-state index is 0.111. The number of hydrogen-bond acceptors (Lipinski definition) is 8. The lowest BCUT2D eigenvalue weighted by Crippen LogP contribution is -2.57. The van der Waals surface area contributed by atoms with Crippen LogP contribution in [0.4, 0.5) is 0 Å². The number of ether oxygens (including phenoxy) is 4. The molecule has 0 fully saturated rings. The Morgan fingerprint density at radius 1 is 0.786 bits per heavy atom. The highest BCUT2D eigenvalue weighted by Gasteiger charge is 2.35. The van der Waals surface area contributed by atoms with Gasteiger partial charge in [0, 0.05) is 24.2 Å². The molecule has 10 heteroatoms. The average Bonchev–Trinajstić information content (AvgIpc) is 2.97. The number of methoxy groups -OCH3 is 3. The molecule has 2 amide bonds. The van der Waals surface area contributed by atoms with Gasteiger partial charge in [-0.2, -0.15) is 0 Å². The number of pyridine rings is 1. The highest BCUT2D eigenvalue weighted by Crippen LogP contribution is 2.32. The third kappa shape index (κ3) is 7.57. The highest BCUT2D eigenvalue weighted by atomic mass is 16.6. The predicted octanol–water partition coefficient (Wildman–Crippen LogP) is 4.51. The van der Waals surface area contributed by atoms with Gasteiger partial charge in [-0.3, -0.25) is 14.4 Å². The monoisotopic (exact) mass is 577 g/mol. The van der Waals surface area contributed by atoms with Gasteiger partial charge < -0.3 is 29.6 Å². The first-order chi connectivity index (χ1) is 19.9. The highest BCUT2D eigenvalue weighted by molar-refractivity contribution is 6.00. The fourth-order valence-electron chi connectivity index (χ4n) is 4.33. The lowest BCUT2D eigenvalue weighted by atomic mass is 9.85. The Hall–Kier alpha value is -4.60. The third-order valence-corrected chi connectivity index (χ3v) is 6.78. The molecule has 0 aliphatic rings. The van der Waals surface area contributed by atoms with E-state index < -0.39 is 29.2 Å². The summed E-state index contributed by atoms with van der Waals surface area (Å²) in [5, 5.41) is 5.80. The zero-order valence-electron chi connectivity index (χ0n) is 25.3. The summed E-state index contributed by atoms with van der Waals surface area (Å²) in [5.74, 6) is -0.840. The third-order valence-electron chi connectivity index (χ3n) is 6.78. The molecular weight excluding hydrogens is 538 g/mol. The fraction of sp³-hybridized carbons (Fsp3) is 0.375. The molecule has 1 atom stereocenters. The lowest BCUT2D eigenvalue weighted by Gasteiger charge is -2.31. The maximum absolute atomic E-state index is 13.6. The van der Waals surface area contributed by atoms with Crippen molar-refractivity contribution in [2.24, 2.45) is 5.92 Å². The summed E-state index contributed by atoms with van der Waals surface area (Å²) in [4.78, 5) is 43.4. The van der Waals surface area contributed by atoms with Crippen molar-refractivity contribution in [2.45, 2.75) is 52.1 Å². The summed E-state index contributed by atoms with van der Waals surface area (Å²) in [6, 6.07) is 16.4. The van der Waals surface area contributed by atoms with Crippen LogP contribution in [0.15, 0.2) is 60.8 Å².